The molecule has 0 bridgehead atoms. The molecule has 1 spiro atoms. The third kappa shape index (κ3) is 38.0. The predicted octanol–water partition coefficient (Wildman–Crippen LogP) is 15.7. The average Bonchev–Trinajstić information content (AvgIpc) is 3.41. The van der Waals surface area contributed by atoms with Crippen LogP contribution in [0.5, 0.6) is 0 Å². The van der Waals surface area contributed by atoms with Gasteiger partial charge in [-0.25, -0.2) is 0 Å². The monoisotopic (exact) mass is 573 g/mol. The van der Waals surface area contributed by atoms with Crippen LogP contribution in [0.15, 0.2) is 0 Å². The van der Waals surface area contributed by atoms with E-state index in [1.165, 1.54) is 161 Å². The first-order chi connectivity index (χ1) is 19.9. The molecule has 1 aliphatic heterocycles. The van der Waals surface area contributed by atoms with Gasteiger partial charge in [0.2, 0.25) is 0 Å². The predicted molar refractivity (Wildman–Crippen MR) is 192 cm³/mol. The molecule has 1 nitrogen and oxygen atoms in total. The molecule has 1 heteroatoms. The van der Waals surface area contributed by atoms with Crippen LogP contribution >= 0.6 is 0 Å². The summed E-state index contributed by atoms with van der Waals surface area (Å²) in [6.07, 6.45) is 36.9. The van der Waals surface area contributed by atoms with Gasteiger partial charge in [-0.1, -0.05) is 218 Å². The van der Waals surface area contributed by atoms with Crippen molar-refractivity contribution in [3.8, 4) is 0 Å². The van der Waals surface area contributed by atoms with E-state index < -0.39 is 0 Å². The molecule has 7 rings (SSSR count). The third-order valence-corrected chi connectivity index (χ3v) is 7.48. The third-order valence-electron chi connectivity index (χ3n) is 7.48. The van der Waals surface area contributed by atoms with Crippen LogP contribution in [0.2, 0.25) is 0 Å². The van der Waals surface area contributed by atoms with E-state index in [-0.39, 0.29) is 0 Å². The minimum atomic E-state index is 0.444. The highest BCUT2D eigenvalue weighted by Crippen LogP contribution is 2.44. The maximum Gasteiger partial charge on any atom is 0.0704 e. The molecule has 1 saturated heterocycles. The zero-order chi connectivity index (χ0) is 31.6. The second kappa shape index (κ2) is 51.7. The number of rotatable bonds is 0. The van der Waals surface area contributed by atoms with Crippen LogP contribution in [0.3, 0.4) is 0 Å². The minimum absolute atomic E-state index is 0.444. The Balaban J connectivity index is -0.000000115. The van der Waals surface area contributed by atoms with Gasteiger partial charge in [0, 0.05) is 0 Å². The van der Waals surface area contributed by atoms with Crippen molar-refractivity contribution in [3.05, 3.63) is 0 Å². The second-order valence-electron chi connectivity index (χ2n) is 10.1. The Labute approximate surface area is 260 Å². The van der Waals surface area contributed by atoms with Crippen LogP contribution < -0.4 is 0 Å². The lowest BCUT2D eigenvalue weighted by atomic mass is 9.75. The van der Waals surface area contributed by atoms with E-state index in [1.807, 2.05) is 83.1 Å². The van der Waals surface area contributed by atoms with Crippen LogP contribution in [-0.2, 0) is 4.74 Å². The van der Waals surface area contributed by atoms with E-state index in [0.29, 0.717) is 5.60 Å². The molecule has 0 aromatic carbocycles. The summed E-state index contributed by atoms with van der Waals surface area (Å²) in [7, 11) is 0. The summed E-state index contributed by atoms with van der Waals surface area (Å²) >= 11 is 0. The molecule has 6 aliphatic carbocycles. The molecule has 0 atom stereocenters. The van der Waals surface area contributed by atoms with Gasteiger partial charge in [0.05, 0.1) is 12.2 Å². The van der Waals surface area contributed by atoms with Gasteiger partial charge >= 0.3 is 0 Å². The molecule has 6 saturated carbocycles. The number of ether oxygens (including phenoxy) is 1. The Morgan fingerprint density at radius 3 is 0.425 bits per heavy atom. The van der Waals surface area contributed by atoms with E-state index in [0.717, 1.165) is 6.61 Å². The zero-order valence-electron chi connectivity index (χ0n) is 31.3. The van der Waals surface area contributed by atoms with Gasteiger partial charge in [0.1, 0.15) is 0 Å². The van der Waals surface area contributed by atoms with Crippen molar-refractivity contribution in [1.82, 2.24) is 0 Å². The Morgan fingerprint density at radius 2 is 0.400 bits per heavy atom. The van der Waals surface area contributed by atoms with Crippen molar-refractivity contribution < 1.29 is 4.74 Å². The molecular weight excluding hydrogens is 484 g/mol. The number of hydrogen-bond donors (Lipinski definition) is 0. The Morgan fingerprint density at radius 1 is 0.250 bits per heavy atom. The second-order valence-corrected chi connectivity index (χ2v) is 10.1. The molecule has 7 fully saturated rings. The van der Waals surface area contributed by atoms with E-state index in [4.69, 9.17) is 4.74 Å². The molecule has 0 N–H and O–H groups in total. The van der Waals surface area contributed by atoms with Gasteiger partial charge in [-0.15, -0.1) is 0 Å². The van der Waals surface area contributed by atoms with Crippen LogP contribution in [0.4, 0.5) is 0 Å². The fourth-order valence-corrected chi connectivity index (χ4v) is 3.24. The Kier molecular flexibility index (Phi) is 64.1. The summed E-state index contributed by atoms with van der Waals surface area (Å²) in [6.45, 7) is 25.0. The van der Waals surface area contributed by atoms with Crippen LogP contribution in [0, 0.1) is 0 Å². The van der Waals surface area contributed by atoms with Crippen LogP contribution in [0.25, 0.3) is 0 Å². The van der Waals surface area contributed by atoms with E-state index in [1.54, 1.807) is 0 Å². The highest BCUT2D eigenvalue weighted by Gasteiger charge is 2.43. The molecule has 40 heavy (non-hydrogen) atoms. The fourth-order valence-electron chi connectivity index (χ4n) is 3.24. The highest BCUT2D eigenvalue weighted by atomic mass is 16.5. The van der Waals surface area contributed by atoms with E-state index in [9.17, 15) is 0 Å². The van der Waals surface area contributed by atoms with Gasteiger partial charge in [0.25, 0.3) is 0 Å². The molecular formula is C39H88O. The minimum Gasteiger partial charge on any atom is -0.375 e. The molecule has 7 aliphatic rings. The smallest absolute Gasteiger partial charge is 0.0704 e. The van der Waals surface area contributed by atoms with Gasteiger partial charge in [-0.3, -0.25) is 0 Å². The molecule has 0 aromatic heterocycles. The topological polar surface area (TPSA) is 9.23 Å². The number of hydrogen-bond acceptors (Lipinski definition) is 1. The summed E-state index contributed by atoms with van der Waals surface area (Å²) in [5.74, 6) is 0. The average molecular weight is 573 g/mol. The van der Waals surface area contributed by atoms with Gasteiger partial charge in [0.15, 0.2) is 0 Å². The lowest BCUT2D eigenvalue weighted by molar-refractivity contribution is -0.190. The first-order valence-corrected chi connectivity index (χ1v) is 19.6. The lowest BCUT2D eigenvalue weighted by Crippen LogP contribution is -2.49. The van der Waals surface area contributed by atoms with Crippen molar-refractivity contribution in [2.45, 2.75) is 249 Å². The van der Waals surface area contributed by atoms with Crippen molar-refractivity contribution >= 4 is 0 Å². The summed E-state index contributed by atoms with van der Waals surface area (Å²) in [5, 5.41) is 0. The maximum atomic E-state index is 5.35. The fraction of sp³-hybridized carbons (Fsp3) is 1.00. The Bertz CT molecular complexity index is 239. The molecule has 0 unspecified atom stereocenters. The van der Waals surface area contributed by atoms with Gasteiger partial charge in [-0.2, -0.15) is 0 Å². The summed E-state index contributed by atoms with van der Waals surface area (Å²) in [4.78, 5) is 0. The normalized spacial score (nSPS) is 19.5. The maximum absolute atomic E-state index is 5.35. The van der Waals surface area contributed by atoms with Gasteiger partial charge < -0.3 is 4.74 Å². The summed E-state index contributed by atoms with van der Waals surface area (Å²) < 4.78 is 5.35. The largest absolute Gasteiger partial charge is 0.375 e. The Hall–Kier alpha value is -0.0400. The van der Waals surface area contributed by atoms with Crippen LogP contribution in [0.1, 0.15) is 244 Å². The standard InChI is InChI=1S/C6H10O.C5H10.4C4H8.6C2H6/c1-2-6(3-1)4-5-7-6;1-2-4-5-3-1;4*1-2-4-3-1;6*1-2/h1-5H2;1-5H2;4*1-4H2;6*1-2H3. The van der Waals surface area contributed by atoms with Crippen molar-refractivity contribution in [1.29, 1.82) is 0 Å². The van der Waals surface area contributed by atoms with Crippen molar-refractivity contribution in [2.75, 3.05) is 6.61 Å². The van der Waals surface area contributed by atoms with Crippen molar-refractivity contribution in [2.24, 2.45) is 0 Å². The molecule has 250 valence electrons. The highest BCUT2D eigenvalue weighted by molar-refractivity contribution is 4.94. The van der Waals surface area contributed by atoms with Crippen molar-refractivity contribution in [3.63, 3.8) is 0 Å². The molecule has 0 radical (unpaired) electrons. The van der Waals surface area contributed by atoms with Crippen LogP contribution in [-0.4, -0.2) is 12.2 Å². The van der Waals surface area contributed by atoms with E-state index >= 15 is 0 Å². The first kappa shape index (κ1) is 49.6. The molecule has 1 heterocycles. The summed E-state index contributed by atoms with van der Waals surface area (Å²) in [5.41, 5.74) is 0.444. The SMILES string of the molecule is C1CC2(C1)CCO2.C1CCC1.C1CCC1.C1CCC1.C1CCC1.C1CCCC1.CC.CC.CC.CC.CC.CC. The molecule has 0 aromatic rings. The summed E-state index contributed by atoms with van der Waals surface area (Å²) in [6, 6.07) is 0. The molecule has 0 amide bonds. The first-order valence-electron chi connectivity index (χ1n) is 19.6. The quantitative estimate of drug-likeness (QED) is 0.280. The lowest BCUT2D eigenvalue weighted by Gasteiger charge is -2.48. The van der Waals surface area contributed by atoms with Gasteiger partial charge in [-0.05, 0) is 25.7 Å². The zero-order valence-corrected chi connectivity index (χ0v) is 31.3. The van der Waals surface area contributed by atoms with E-state index in [2.05, 4.69) is 0 Å².